The van der Waals surface area contributed by atoms with Gasteiger partial charge in [0.1, 0.15) is 10.7 Å². The molecule has 1 fully saturated rings. The van der Waals surface area contributed by atoms with Crippen molar-refractivity contribution in [2.75, 3.05) is 36.4 Å². The van der Waals surface area contributed by atoms with Crippen molar-refractivity contribution >= 4 is 40.2 Å². The molecule has 1 aliphatic heterocycles. The van der Waals surface area contributed by atoms with E-state index in [0.717, 1.165) is 48.4 Å². The summed E-state index contributed by atoms with van der Waals surface area (Å²) in [6, 6.07) is 17.4. The molecular formula is C21H21ClN4OS. The van der Waals surface area contributed by atoms with Crippen LogP contribution in [-0.2, 0) is 6.54 Å². The van der Waals surface area contributed by atoms with Crippen molar-refractivity contribution in [2.24, 2.45) is 0 Å². The summed E-state index contributed by atoms with van der Waals surface area (Å²) in [5.74, 6) is -0.166. The highest BCUT2D eigenvalue weighted by atomic mass is 35.5. The molecule has 0 aliphatic carbocycles. The minimum atomic E-state index is -0.166. The van der Waals surface area contributed by atoms with E-state index in [0.29, 0.717) is 5.69 Å². The predicted molar refractivity (Wildman–Crippen MR) is 115 cm³/mol. The van der Waals surface area contributed by atoms with Gasteiger partial charge in [-0.1, -0.05) is 29.8 Å². The summed E-state index contributed by atoms with van der Waals surface area (Å²) in [6.45, 7) is 4.64. The maximum Gasteiger partial charge on any atom is 0.275 e. The number of piperazine rings is 1. The molecule has 2 aromatic carbocycles. The summed E-state index contributed by atoms with van der Waals surface area (Å²) in [7, 11) is 0. The van der Waals surface area contributed by atoms with Crippen LogP contribution in [0.2, 0.25) is 5.02 Å². The molecule has 0 atom stereocenters. The molecule has 0 bridgehead atoms. The smallest absolute Gasteiger partial charge is 0.275 e. The molecule has 3 aromatic rings. The van der Waals surface area contributed by atoms with Crippen molar-refractivity contribution in [3.05, 3.63) is 75.7 Å². The number of nitrogens with zero attached hydrogens (tertiary/aromatic N) is 3. The van der Waals surface area contributed by atoms with E-state index < -0.39 is 0 Å². The zero-order chi connectivity index (χ0) is 19.3. The van der Waals surface area contributed by atoms with Crippen LogP contribution in [0.15, 0.2) is 60.0 Å². The summed E-state index contributed by atoms with van der Waals surface area (Å²) in [4.78, 5) is 21.6. The Morgan fingerprint density at radius 1 is 1.04 bits per heavy atom. The Hall–Kier alpha value is -2.41. The quantitative estimate of drug-likeness (QED) is 0.676. The number of hydrogen-bond donors (Lipinski definition) is 1. The zero-order valence-electron chi connectivity index (χ0n) is 15.3. The Morgan fingerprint density at radius 2 is 1.75 bits per heavy atom. The summed E-state index contributed by atoms with van der Waals surface area (Å²) < 4.78 is 0. The fraction of sp³-hybridized carbons (Fsp3) is 0.238. The molecule has 144 valence electrons. The molecule has 7 heteroatoms. The van der Waals surface area contributed by atoms with Gasteiger partial charge in [-0.3, -0.25) is 9.69 Å². The molecule has 1 aromatic heterocycles. The summed E-state index contributed by atoms with van der Waals surface area (Å²) in [5.41, 5.74) is 2.46. The first-order valence-electron chi connectivity index (χ1n) is 9.21. The number of benzene rings is 2. The van der Waals surface area contributed by atoms with Gasteiger partial charge in [0.15, 0.2) is 0 Å². The molecule has 1 amide bonds. The number of halogens is 1. The number of carbonyl (C=O) groups is 1. The largest absolute Gasteiger partial charge is 0.369 e. The van der Waals surface area contributed by atoms with E-state index in [1.165, 1.54) is 17.0 Å². The molecule has 1 saturated heterocycles. The van der Waals surface area contributed by atoms with Crippen LogP contribution in [0.5, 0.6) is 0 Å². The zero-order valence-corrected chi connectivity index (χ0v) is 16.9. The molecule has 0 unspecified atom stereocenters. The van der Waals surface area contributed by atoms with Gasteiger partial charge in [0.2, 0.25) is 0 Å². The van der Waals surface area contributed by atoms with Crippen LogP contribution in [-0.4, -0.2) is 42.0 Å². The van der Waals surface area contributed by atoms with E-state index in [1.807, 2.05) is 47.8 Å². The Morgan fingerprint density at radius 3 is 2.46 bits per heavy atom. The van der Waals surface area contributed by atoms with Gasteiger partial charge >= 0.3 is 0 Å². The fourth-order valence-corrected chi connectivity index (χ4v) is 4.15. The fourth-order valence-electron chi connectivity index (χ4n) is 3.21. The Bertz CT molecular complexity index is 921. The third-order valence-corrected chi connectivity index (χ3v) is 5.82. The van der Waals surface area contributed by atoms with Crippen LogP contribution >= 0.6 is 22.9 Å². The number of hydrogen-bond acceptors (Lipinski definition) is 5. The van der Waals surface area contributed by atoms with Gasteiger partial charge in [-0.15, -0.1) is 11.3 Å². The Kier molecular flexibility index (Phi) is 5.90. The minimum Gasteiger partial charge on any atom is -0.369 e. The molecule has 0 saturated carbocycles. The monoisotopic (exact) mass is 412 g/mol. The third kappa shape index (κ3) is 4.70. The molecule has 5 nitrogen and oxygen atoms in total. The number of amides is 1. The van der Waals surface area contributed by atoms with Crippen molar-refractivity contribution in [2.45, 2.75) is 6.54 Å². The lowest BCUT2D eigenvalue weighted by molar-refractivity contribution is 0.102. The molecule has 28 heavy (non-hydrogen) atoms. The first-order valence-corrected chi connectivity index (χ1v) is 10.5. The van der Waals surface area contributed by atoms with Crippen molar-refractivity contribution < 1.29 is 4.79 Å². The van der Waals surface area contributed by atoms with Crippen LogP contribution in [0.25, 0.3) is 0 Å². The third-order valence-electron chi connectivity index (χ3n) is 4.74. The topological polar surface area (TPSA) is 48.5 Å². The maximum absolute atomic E-state index is 12.3. The lowest BCUT2D eigenvalue weighted by atomic mass is 10.2. The van der Waals surface area contributed by atoms with Gasteiger partial charge in [0.05, 0.1) is 6.54 Å². The summed E-state index contributed by atoms with van der Waals surface area (Å²) in [5, 5.41) is 6.44. The predicted octanol–water partition coefficient (Wildman–Crippen LogP) is 4.37. The number of nitrogens with one attached hydrogen (secondary N) is 1. The van der Waals surface area contributed by atoms with Crippen LogP contribution in [0.1, 0.15) is 15.5 Å². The van der Waals surface area contributed by atoms with Gasteiger partial charge in [0.25, 0.3) is 5.91 Å². The second-order valence-corrected chi connectivity index (χ2v) is 8.07. The molecule has 4 rings (SSSR count). The highest BCUT2D eigenvalue weighted by molar-refractivity contribution is 7.09. The number of para-hydroxylation sites is 1. The molecule has 1 N–H and O–H groups in total. The minimum absolute atomic E-state index is 0.166. The summed E-state index contributed by atoms with van der Waals surface area (Å²) in [6.07, 6.45) is 0. The van der Waals surface area contributed by atoms with E-state index in [-0.39, 0.29) is 5.91 Å². The molecule has 0 radical (unpaired) electrons. The first-order chi connectivity index (χ1) is 13.7. The average molecular weight is 413 g/mol. The van der Waals surface area contributed by atoms with E-state index in [4.69, 9.17) is 11.6 Å². The van der Waals surface area contributed by atoms with E-state index in [1.54, 1.807) is 0 Å². The average Bonchev–Trinajstić information content (AvgIpc) is 3.19. The van der Waals surface area contributed by atoms with Crippen LogP contribution in [0.3, 0.4) is 0 Å². The van der Waals surface area contributed by atoms with E-state index in [9.17, 15) is 4.79 Å². The lowest BCUT2D eigenvalue weighted by Crippen LogP contribution is -2.45. The molecule has 2 heterocycles. The van der Waals surface area contributed by atoms with Crippen LogP contribution in [0, 0.1) is 0 Å². The van der Waals surface area contributed by atoms with Gasteiger partial charge < -0.3 is 10.2 Å². The van der Waals surface area contributed by atoms with Crippen molar-refractivity contribution in [3.8, 4) is 0 Å². The number of aromatic nitrogens is 1. The highest BCUT2D eigenvalue weighted by Crippen LogP contribution is 2.21. The second-order valence-electron chi connectivity index (χ2n) is 6.69. The van der Waals surface area contributed by atoms with Gasteiger partial charge in [-0.25, -0.2) is 4.98 Å². The highest BCUT2D eigenvalue weighted by Gasteiger charge is 2.19. The van der Waals surface area contributed by atoms with Crippen LogP contribution in [0.4, 0.5) is 11.4 Å². The number of anilines is 2. The normalized spacial score (nSPS) is 14.8. The summed E-state index contributed by atoms with van der Waals surface area (Å²) >= 11 is 7.51. The second kappa shape index (κ2) is 8.73. The van der Waals surface area contributed by atoms with Gasteiger partial charge in [-0.05, 0) is 36.4 Å². The van der Waals surface area contributed by atoms with Crippen molar-refractivity contribution in [1.29, 1.82) is 0 Å². The standard InChI is InChI=1S/C21H21ClN4OS/c22-16-6-8-18(9-7-16)26-12-10-25(11-13-26)14-20-24-19(15-28-20)21(27)23-17-4-2-1-3-5-17/h1-9,15H,10-14H2,(H,23,27). The van der Waals surface area contributed by atoms with Gasteiger partial charge in [-0.2, -0.15) is 0 Å². The van der Waals surface area contributed by atoms with Crippen molar-refractivity contribution in [3.63, 3.8) is 0 Å². The van der Waals surface area contributed by atoms with Crippen molar-refractivity contribution in [1.82, 2.24) is 9.88 Å². The van der Waals surface area contributed by atoms with E-state index >= 15 is 0 Å². The number of rotatable bonds is 5. The Balaban J connectivity index is 1.30. The molecule has 0 spiro atoms. The molecular weight excluding hydrogens is 392 g/mol. The SMILES string of the molecule is O=C(Nc1ccccc1)c1csc(CN2CCN(c3ccc(Cl)cc3)CC2)n1. The van der Waals surface area contributed by atoms with Gasteiger partial charge in [0, 0.05) is 48.0 Å². The first kappa shape index (κ1) is 18.9. The lowest BCUT2D eigenvalue weighted by Gasteiger charge is -2.35. The van der Waals surface area contributed by atoms with Crippen LogP contribution < -0.4 is 10.2 Å². The number of thiazole rings is 1. The Labute approximate surface area is 173 Å². The van der Waals surface area contributed by atoms with E-state index in [2.05, 4.69) is 32.2 Å². The molecule has 1 aliphatic rings. The maximum atomic E-state index is 12.3. The number of carbonyl (C=O) groups excluding carboxylic acids is 1.